The van der Waals surface area contributed by atoms with Gasteiger partial charge in [0.1, 0.15) is 11.9 Å². The zero-order valence-corrected chi connectivity index (χ0v) is 6.28. The van der Waals surface area contributed by atoms with Crippen LogP contribution in [0.4, 0.5) is 0 Å². The summed E-state index contributed by atoms with van der Waals surface area (Å²) in [5.74, 6) is 0.0266. The van der Waals surface area contributed by atoms with Crippen molar-refractivity contribution in [3.8, 4) is 0 Å². The van der Waals surface area contributed by atoms with Crippen LogP contribution in [0.15, 0.2) is 11.8 Å². The first-order valence-corrected chi connectivity index (χ1v) is 3.27. The van der Waals surface area contributed by atoms with Crippen LogP contribution >= 0.6 is 0 Å². The minimum atomic E-state index is -1.12. The first-order chi connectivity index (χ1) is 4.57. The molecule has 0 saturated heterocycles. The summed E-state index contributed by atoms with van der Waals surface area (Å²) in [6.07, 6.45) is 0.378. The lowest BCUT2D eigenvalue weighted by Crippen LogP contribution is -2.15. The molecule has 0 aliphatic heterocycles. The van der Waals surface area contributed by atoms with Crippen molar-refractivity contribution in [3.63, 3.8) is 0 Å². The first kappa shape index (κ1) is 9.46. The molecule has 3 nitrogen and oxygen atoms in total. The van der Waals surface area contributed by atoms with Crippen LogP contribution < -0.4 is 0 Å². The van der Waals surface area contributed by atoms with E-state index in [2.05, 4.69) is 0 Å². The lowest BCUT2D eigenvalue weighted by molar-refractivity contribution is 0.0862. The monoisotopic (exact) mass is 146 g/mol. The molecule has 0 aromatic heterocycles. The van der Waals surface area contributed by atoms with Crippen LogP contribution in [0.3, 0.4) is 0 Å². The van der Waals surface area contributed by atoms with E-state index in [4.69, 9.17) is 15.3 Å². The van der Waals surface area contributed by atoms with Gasteiger partial charge in [-0.1, -0.05) is 13.8 Å². The molecule has 0 amide bonds. The Morgan fingerprint density at radius 3 is 2.30 bits per heavy atom. The predicted octanol–water partition coefficient (Wildman–Crippen LogP) is 0.438. The molecule has 0 aliphatic carbocycles. The number of aliphatic hydroxyl groups is 3. The normalized spacial score (nSPS) is 15.9. The number of aliphatic hydroxyl groups excluding tert-OH is 3. The van der Waals surface area contributed by atoms with E-state index in [0.29, 0.717) is 0 Å². The largest absolute Gasteiger partial charge is 0.510 e. The summed E-state index contributed by atoms with van der Waals surface area (Å²) in [4.78, 5) is 0. The Bertz CT molecular complexity index is 118. The molecule has 3 N–H and O–H groups in total. The molecule has 0 aliphatic rings. The van der Waals surface area contributed by atoms with Crippen LogP contribution in [-0.2, 0) is 0 Å². The van der Waals surface area contributed by atoms with Gasteiger partial charge in [-0.25, -0.2) is 0 Å². The zero-order chi connectivity index (χ0) is 8.15. The van der Waals surface area contributed by atoms with Gasteiger partial charge in [-0.05, 0) is 12.0 Å². The van der Waals surface area contributed by atoms with E-state index in [1.165, 1.54) is 6.08 Å². The van der Waals surface area contributed by atoms with Crippen molar-refractivity contribution < 1.29 is 15.3 Å². The lowest BCUT2D eigenvalue weighted by Gasteiger charge is -2.06. The average Bonchev–Trinajstić information content (AvgIpc) is 1.85. The minimum Gasteiger partial charge on any atom is -0.510 e. The number of hydrogen-bond donors (Lipinski definition) is 3. The summed E-state index contributed by atoms with van der Waals surface area (Å²) in [5.41, 5.74) is 0. The van der Waals surface area contributed by atoms with Gasteiger partial charge >= 0.3 is 0 Å². The van der Waals surface area contributed by atoms with E-state index in [-0.39, 0.29) is 11.7 Å². The van der Waals surface area contributed by atoms with Gasteiger partial charge < -0.3 is 15.3 Å². The fourth-order valence-electron chi connectivity index (χ4n) is 0.546. The maximum atomic E-state index is 8.94. The Balaban J connectivity index is 3.91. The first-order valence-electron chi connectivity index (χ1n) is 3.27. The Kier molecular flexibility index (Phi) is 4.07. The van der Waals surface area contributed by atoms with Crippen LogP contribution in [0, 0.1) is 5.92 Å². The molecule has 0 aromatic rings. The molecule has 0 rings (SSSR count). The Morgan fingerprint density at radius 1 is 1.50 bits per heavy atom. The molecule has 0 heterocycles. The van der Waals surface area contributed by atoms with Crippen LogP contribution in [0.5, 0.6) is 0 Å². The standard InChI is InChI=1S/C7H14O3/c1-5(2)3-6(9)7(10)4-8/h3,5,7-10H,4H2,1-2H3. The second-order valence-electron chi connectivity index (χ2n) is 2.53. The Hall–Kier alpha value is -0.540. The van der Waals surface area contributed by atoms with Gasteiger partial charge in [0.25, 0.3) is 0 Å². The quantitative estimate of drug-likeness (QED) is 0.506. The van der Waals surface area contributed by atoms with E-state index in [1.807, 2.05) is 13.8 Å². The summed E-state index contributed by atoms with van der Waals surface area (Å²) in [6.45, 7) is 3.32. The van der Waals surface area contributed by atoms with Crippen LogP contribution in [0.25, 0.3) is 0 Å². The van der Waals surface area contributed by atoms with Crippen LogP contribution in [-0.4, -0.2) is 28.0 Å². The highest BCUT2D eigenvalue weighted by molar-refractivity contribution is 4.98. The van der Waals surface area contributed by atoms with Crippen molar-refractivity contribution in [2.75, 3.05) is 6.61 Å². The van der Waals surface area contributed by atoms with Gasteiger partial charge in [0.2, 0.25) is 0 Å². The summed E-state index contributed by atoms with van der Waals surface area (Å²) >= 11 is 0. The zero-order valence-electron chi connectivity index (χ0n) is 6.28. The third kappa shape index (κ3) is 3.48. The van der Waals surface area contributed by atoms with E-state index in [0.717, 1.165) is 0 Å². The smallest absolute Gasteiger partial charge is 0.133 e. The van der Waals surface area contributed by atoms with Gasteiger partial charge in [-0.15, -0.1) is 0 Å². The van der Waals surface area contributed by atoms with Gasteiger partial charge in [-0.3, -0.25) is 0 Å². The molecule has 0 radical (unpaired) electrons. The molecule has 0 bridgehead atoms. The van der Waals surface area contributed by atoms with Gasteiger partial charge in [0.15, 0.2) is 0 Å². The third-order valence-corrected chi connectivity index (χ3v) is 1.02. The summed E-state index contributed by atoms with van der Waals surface area (Å²) in [5, 5.41) is 26.1. The maximum Gasteiger partial charge on any atom is 0.133 e. The van der Waals surface area contributed by atoms with Crippen LogP contribution in [0.2, 0.25) is 0 Å². The molecule has 3 heteroatoms. The highest BCUT2D eigenvalue weighted by Crippen LogP contribution is 2.02. The van der Waals surface area contributed by atoms with Crippen LogP contribution in [0.1, 0.15) is 13.8 Å². The topological polar surface area (TPSA) is 60.7 Å². The van der Waals surface area contributed by atoms with E-state index >= 15 is 0 Å². The highest BCUT2D eigenvalue weighted by atomic mass is 16.3. The van der Waals surface area contributed by atoms with E-state index in [9.17, 15) is 0 Å². The SMILES string of the molecule is CC(C)C=C(O)C(O)CO. The maximum absolute atomic E-state index is 8.94. The van der Waals surface area contributed by atoms with Crippen molar-refractivity contribution in [2.24, 2.45) is 5.92 Å². The molecule has 0 spiro atoms. The molecule has 10 heavy (non-hydrogen) atoms. The molecule has 60 valence electrons. The van der Waals surface area contributed by atoms with Crippen molar-refractivity contribution in [3.05, 3.63) is 11.8 Å². The fraction of sp³-hybridized carbons (Fsp3) is 0.714. The van der Waals surface area contributed by atoms with Crippen molar-refractivity contribution in [2.45, 2.75) is 20.0 Å². The second-order valence-corrected chi connectivity index (χ2v) is 2.53. The molecule has 0 aromatic carbocycles. The highest BCUT2D eigenvalue weighted by Gasteiger charge is 2.06. The Labute approximate surface area is 60.6 Å². The molecule has 1 unspecified atom stereocenters. The fourth-order valence-corrected chi connectivity index (χ4v) is 0.546. The minimum absolute atomic E-state index is 0.155. The van der Waals surface area contributed by atoms with Gasteiger partial charge in [0.05, 0.1) is 6.61 Å². The van der Waals surface area contributed by atoms with E-state index < -0.39 is 12.7 Å². The summed E-state index contributed by atoms with van der Waals surface area (Å²) < 4.78 is 0. The molecule has 0 saturated carbocycles. The number of hydrogen-bond acceptors (Lipinski definition) is 3. The van der Waals surface area contributed by atoms with E-state index in [1.54, 1.807) is 0 Å². The lowest BCUT2D eigenvalue weighted by atomic mass is 10.1. The second kappa shape index (κ2) is 4.30. The van der Waals surface area contributed by atoms with Gasteiger partial charge in [0, 0.05) is 0 Å². The summed E-state index contributed by atoms with van der Waals surface area (Å²) in [6, 6.07) is 0. The Morgan fingerprint density at radius 2 is 2.00 bits per heavy atom. The molecular weight excluding hydrogens is 132 g/mol. The van der Waals surface area contributed by atoms with Crippen molar-refractivity contribution in [1.29, 1.82) is 0 Å². The molecule has 1 atom stereocenters. The number of rotatable bonds is 3. The predicted molar refractivity (Wildman–Crippen MR) is 38.6 cm³/mol. The summed E-state index contributed by atoms with van der Waals surface area (Å²) in [7, 11) is 0. The van der Waals surface area contributed by atoms with Crippen molar-refractivity contribution in [1.82, 2.24) is 0 Å². The number of allylic oxidation sites excluding steroid dienone is 1. The van der Waals surface area contributed by atoms with Gasteiger partial charge in [-0.2, -0.15) is 0 Å². The van der Waals surface area contributed by atoms with Crippen molar-refractivity contribution >= 4 is 0 Å². The molecule has 0 fully saturated rings. The molecular formula is C7H14O3. The third-order valence-electron chi connectivity index (χ3n) is 1.02. The average molecular weight is 146 g/mol.